The van der Waals surface area contributed by atoms with Crippen LogP contribution in [0.3, 0.4) is 0 Å². The lowest BCUT2D eigenvalue weighted by Gasteiger charge is -2.45. The molecule has 0 rings (SSSR count). The highest BCUT2D eigenvalue weighted by Gasteiger charge is 2.41. The Morgan fingerprint density at radius 2 is 1.11 bits per heavy atom. The minimum absolute atomic E-state index is 0.0478. The first-order valence-electron chi connectivity index (χ1n) is 7.30. The van der Waals surface area contributed by atoms with Crippen LogP contribution in [0.25, 0.3) is 0 Å². The molecule has 0 fully saturated rings. The van der Waals surface area contributed by atoms with Gasteiger partial charge >= 0.3 is 0 Å². The topological polar surface area (TPSA) is 60.7 Å². The van der Waals surface area contributed by atoms with Crippen molar-refractivity contribution in [3.63, 3.8) is 0 Å². The molecule has 0 aromatic rings. The van der Waals surface area contributed by atoms with Gasteiger partial charge in [0.1, 0.15) is 0 Å². The highest BCUT2D eigenvalue weighted by molar-refractivity contribution is 4.50. The first kappa shape index (κ1) is 17.8. The Bertz CT molecular complexity index is 183. The maximum Gasteiger partial charge on any atom is 0.191 e. The molecule has 0 bridgehead atoms. The van der Waals surface area contributed by atoms with Crippen LogP contribution in [0.2, 0.25) is 0 Å². The van der Waals surface area contributed by atoms with Gasteiger partial charge < -0.3 is 15.3 Å². The van der Waals surface area contributed by atoms with E-state index >= 15 is 0 Å². The maximum atomic E-state index is 9.90. The number of unbranched alkanes of at least 4 members (excludes halogenated alkanes) is 5. The van der Waals surface area contributed by atoms with Gasteiger partial charge in [0.05, 0.1) is 6.54 Å². The molecular formula is C14H32NO3+. The molecule has 0 aliphatic carbocycles. The summed E-state index contributed by atoms with van der Waals surface area (Å²) < 4.78 is -0.0478. The monoisotopic (exact) mass is 262 g/mol. The number of nitrogens with zero attached hydrogens (tertiary/aromatic N) is 1. The van der Waals surface area contributed by atoms with Crippen LogP contribution in [0.15, 0.2) is 0 Å². The van der Waals surface area contributed by atoms with Gasteiger partial charge in [0, 0.05) is 20.8 Å². The molecule has 3 atom stereocenters. The zero-order valence-electron chi connectivity index (χ0n) is 12.5. The predicted octanol–water partition coefficient (Wildman–Crippen LogP) is 2.18. The molecule has 18 heavy (non-hydrogen) atoms. The number of aliphatic hydroxyl groups excluding tert-OH is 3. The first-order valence-corrected chi connectivity index (χ1v) is 7.30. The van der Waals surface area contributed by atoms with Gasteiger partial charge in [-0.1, -0.05) is 32.6 Å². The van der Waals surface area contributed by atoms with Gasteiger partial charge in [-0.25, -0.2) is 4.48 Å². The average molecular weight is 262 g/mol. The van der Waals surface area contributed by atoms with Crippen LogP contribution in [-0.4, -0.2) is 45.0 Å². The molecule has 0 aromatic heterocycles. The zero-order valence-corrected chi connectivity index (χ0v) is 12.5. The van der Waals surface area contributed by atoms with Crippen molar-refractivity contribution >= 4 is 0 Å². The van der Waals surface area contributed by atoms with E-state index in [9.17, 15) is 15.3 Å². The summed E-state index contributed by atoms with van der Waals surface area (Å²) in [6.45, 7) is 7.71. The second kappa shape index (κ2) is 8.86. The quantitative estimate of drug-likeness (QED) is 0.321. The number of rotatable bonds is 10. The Hall–Kier alpha value is -0.160. The standard InChI is InChI=1S/C14H32NO3/c1-5-6-7-8-9-10-11-15(12(2)16,13(3)17)14(4)18/h12-14,16-18H,5-11H2,1-4H3/q+1. The van der Waals surface area contributed by atoms with Crippen LogP contribution >= 0.6 is 0 Å². The van der Waals surface area contributed by atoms with E-state index in [1.54, 1.807) is 20.8 Å². The molecule has 3 N–H and O–H groups in total. The third-order valence-corrected chi connectivity index (χ3v) is 3.99. The van der Waals surface area contributed by atoms with Crippen LogP contribution in [0.4, 0.5) is 0 Å². The molecule has 0 aromatic carbocycles. The lowest BCUT2D eigenvalue weighted by Crippen LogP contribution is -2.64. The molecule has 4 heteroatoms. The largest absolute Gasteiger partial charge is 0.345 e. The predicted molar refractivity (Wildman–Crippen MR) is 73.5 cm³/mol. The van der Waals surface area contributed by atoms with Crippen LogP contribution in [0.1, 0.15) is 66.2 Å². The van der Waals surface area contributed by atoms with Crippen molar-refractivity contribution in [2.24, 2.45) is 0 Å². The number of aliphatic hydroxyl groups is 3. The van der Waals surface area contributed by atoms with Gasteiger partial charge in [0.25, 0.3) is 0 Å². The van der Waals surface area contributed by atoms with Gasteiger partial charge in [-0.15, -0.1) is 0 Å². The molecular weight excluding hydrogens is 230 g/mol. The van der Waals surface area contributed by atoms with Gasteiger partial charge in [-0.3, -0.25) is 0 Å². The third kappa shape index (κ3) is 4.84. The molecule has 4 nitrogen and oxygen atoms in total. The summed E-state index contributed by atoms with van der Waals surface area (Å²) in [5, 5.41) is 29.7. The Labute approximate surface area is 112 Å². The Morgan fingerprint density at radius 3 is 1.50 bits per heavy atom. The van der Waals surface area contributed by atoms with Gasteiger partial charge in [-0.05, 0) is 12.8 Å². The van der Waals surface area contributed by atoms with E-state index in [0.29, 0.717) is 6.54 Å². The lowest BCUT2D eigenvalue weighted by atomic mass is 10.1. The van der Waals surface area contributed by atoms with Crippen molar-refractivity contribution in [1.82, 2.24) is 0 Å². The summed E-state index contributed by atoms with van der Waals surface area (Å²) in [6, 6.07) is 0. The van der Waals surface area contributed by atoms with Crippen molar-refractivity contribution in [3.8, 4) is 0 Å². The summed E-state index contributed by atoms with van der Waals surface area (Å²) in [5.41, 5.74) is 0. The summed E-state index contributed by atoms with van der Waals surface area (Å²) >= 11 is 0. The minimum atomic E-state index is -0.763. The van der Waals surface area contributed by atoms with E-state index in [4.69, 9.17) is 0 Å². The van der Waals surface area contributed by atoms with Gasteiger partial charge in [0.15, 0.2) is 18.7 Å². The van der Waals surface area contributed by atoms with E-state index in [-0.39, 0.29) is 4.48 Å². The molecule has 0 saturated heterocycles. The molecule has 0 aliphatic heterocycles. The number of hydrogen-bond acceptors (Lipinski definition) is 3. The Morgan fingerprint density at radius 1 is 0.722 bits per heavy atom. The summed E-state index contributed by atoms with van der Waals surface area (Å²) in [5.74, 6) is 0. The average Bonchev–Trinajstić information content (AvgIpc) is 2.26. The molecule has 0 heterocycles. The van der Waals surface area contributed by atoms with E-state index in [0.717, 1.165) is 12.8 Å². The van der Waals surface area contributed by atoms with Crippen molar-refractivity contribution < 1.29 is 19.8 Å². The Balaban J connectivity index is 4.26. The maximum absolute atomic E-state index is 9.90. The van der Waals surface area contributed by atoms with E-state index < -0.39 is 18.7 Å². The highest BCUT2D eigenvalue weighted by atomic mass is 16.4. The third-order valence-electron chi connectivity index (χ3n) is 3.99. The second-order valence-corrected chi connectivity index (χ2v) is 5.38. The van der Waals surface area contributed by atoms with E-state index in [1.165, 1.54) is 25.7 Å². The fourth-order valence-electron chi connectivity index (χ4n) is 2.66. The summed E-state index contributed by atoms with van der Waals surface area (Å²) in [6.07, 6.45) is 4.65. The molecule has 0 radical (unpaired) electrons. The smallest absolute Gasteiger partial charge is 0.191 e. The lowest BCUT2D eigenvalue weighted by molar-refractivity contribution is -1.04. The number of hydrogen-bond donors (Lipinski definition) is 3. The fourth-order valence-corrected chi connectivity index (χ4v) is 2.66. The van der Waals surface area contributed by atoms with Crippen molar-refractivity contribution in [1.29, 1.82) is 0 Å². The molecule has 110 valence electrons. The molecule has 3 unspecified atom stereocenters. The Kier molecular flexibility index (Phi) is 8.78. The summed E-state index contributed by atoms with van der Waals surface area (Å²) in [4.78, 5) is 0. The SMILES string of the molecule is CCCCCCCC[N+](C(C)O)(C(C)O)C(C)O. The zero-order chi connectivity index (χ0) is 14.2. The van der Waals surface area contributed by atoms with Crippen LogP contribution in [-0.2, 0) is 0 Å². The molecule has 0 spiro atoms. The molecule has 0 amide bonds. The molecule has 0 aliphatic rings. The minimum Gasteiger partial charge on any atom is -0.345 e. The van der Waals surface area contributed by atoms with Gasteiger partial charge in [-0.2, -0.15) is 0 Å². The van der Waals surface area contributed by atoms with Crippen LogP contribution < -0.4 is 0 Å². The highest BCUT2D eigenvalue weighted by Crippen LogP contribution is 2.22. The van der Waals surface area contributed by atoms with Gasteiger partial charge in [0.2, 0.25) is 0 Å². The fraction of sp³-hybridized carbons (Fsp3) is 1.00. The van der Waals surface area contributed by atoms with Crippen LogP contribution in [0.5, 0.6) is 0 Å². The summed E-state index contributed by atoms with van der Waals surface area (Å²) in [7, 11) is 0. The van der Waals surface area contributed by atoms with Crippen molar-refractivity contribution in [2.75, 3.05) is 6.54 Å². The van der Waals surface area contributed by atoms with E-state index in [2.05, 4.69) is 6.92 Å². The van der Waals surface area contributed by atoms with E-state index in [1.807, 2.05) is 0 Å². The number of quaternary nitrogens is 1. The molecule has 0 saturated carbocycles. The first-order chi connectivity index (χ1) is 8.39. The van der Waals surface area contributed by atoms with Crippen molar-refractivity contribution in [3.05, 3.63) is 0 Å². The normalized spacial score (nSPS) is 20.2. The van der Waals surface area contributed by atoms with Crippen LogP contribution in [0, 0.1) is 0 Å². The second-order valence-electron chi connectivity index (χ2n) is 5.38. The van der Waals surface area contributed by atoms with Crippen molar-refractivity contribution in [2.45, 2.75) is 84.9 Å².